The molecule has 1 aliphatic rings. The molecular formula is C14H24N4O2S. The zero-order valence-electron chi connectivity index (χ0n) is 13.0. The molecule has 2 heterocycles. The van der Waals surface area contributed by atoms with E-state index in [9.17, 15) is 4.79 Å². The van der Waals surface area contributed by atoms with E-state index in [4.69, 9.17) is 4.74 Å². The molecule has 7 heteroatoms. The van der Waals surface area contributed by atoms with Crippen LogP contribution in [0.25, 0.3) is 0 Å². The maximum Gasteiger partial charge on any atom is 0.233 e. The first-order chi connectivity index (χ1) is 10.1. The quantitative estimate of drug-likeness (QED) is 0.750. The van der Waals surface area contributed by atoms with Gasteiger partial charge >= 0.3 is 0 Å². The van der Waals surface area contributed by atoms with Crippen molar-refractivity contribution in [2.45, 2.75) is 56.9 Å². The first-order valence-corrected chi connectivity index (χ1v) is 8.42. The molecule has 1 amide bonds. The average Bonchev–Trinajstić information content (AvgIpc) is 2.90. The van der Waals surface area contributed by atoms with Gasteiger partial charge in [0, 0.05) is 25.7 Å². The summed E-state index contributed by atoms with van der Waals surface area (Å²) in [6.07, 6.45) is 5.10. The summed E-state index contributed by atoms with van der Waals surface area (Å²) in [7, 11) is 1.67. The molecule has 0 N–H and O–H groups in total. The number of piperidine rings is 1. The zero-order valence-corrected chi connectivity index (χ0v) is 13.8. The molecule has 6 nitrogen and oxygen atoms in total. The minimum atomic E-state index is 0.195. The van der Waals surface area contributed by atoms with Crippen LogP contribution in [-0.4, -0.2) is 57.1 Å². The number of rotatable bonds is 6. The van der Waals surface area contributed by atoms with Gasteiger partial charge in [0.2, 0.25) is 5.91 Å². The van der Waals surface area contributed by atoms with Crippen molar-refractivity contribution in [1.82, 2.24) is 19.7 Å². The number of methoxy groups -OCH3 is 1. The van der Waals surface area contributed by atoms with E-state index in [0.29, 0.717) is 31.0 Å². The topological polar surface area (TPSA) is 60.2 Å². The van der Waals surface area contributed by atoms with Crippen LogP contribution in [0.4, 0.5) is 0 Å². The number of likely N-dealkylation sites (tertiary alicyclic amines) is 1. The van der Waals surface area contributed by atoms with Crippen LogP contribution in [0, 0.1) is 0 Å². The Morgan fingerprint density at radius 3 is 2.81 bits per heavy atom. The Morgan fingerprint density at radius 1 is 1.43 bits per heavy atom. The lowest BCUT2D eigenvalue weighted by atomic mass is 9.98. The van der Waals surface area contributed by atoms with Crippen molar-refractivity contribution < 1.29 is 9.53 Å². The average molecular weight is 312 g/mol. The Bertz CT molecular complexity index is 456. The summed E-state index contributed by atoms with van der Waals surface area (Å²) >= 11 is 1.45. The van der Waals surface area contributed by atoms with E-state index in [1.807, 2.05) is 9.47 Å². The minimum absolute atomic E-state index is 0.195. The van der Waals surface area contributed by atoms with Crippen LogP contribution < -0.4 is 0 Å². The number of carbonyl (C=O) groups is 1. The summed E-state index contributed by atoms with van der Waals surface area (Å²) < 4.78 is 6.98. The molecule has 2 rings (SSSR count). The van der Waals surface area contributed by atoms with Crippen molar-refractivity contribution >= 4 is 17.7 Å². The summed E-state index contributed by atoms with van der Waals surface area (Å²) in [6.45, 7) is 5.59. The van der Waals surface area contributed by atoms with Crippen molar-refractivity contribution in [3.05, 3.63) is 6.33 Å². The summed E-state index contributed by atoms with van der Waals surface area (Å²) in [4.78, 5) is 14.5. The molecule has 0 unspecified atom stereocenters. The van der Waals surface area contributed by atoms with Crippen molar-refractivity contribution in [2.75, 3.05) is 19.5 Å². The Hall–Kier alpha value is -1.08. The highest BCUT2D eigenvalue weighted by molar-refractivity contribution is 7.99. The van der Waals surface area contributed by atoms with Crippen molar-refractivity contribution in [2.24, 2.45) is 0 Å². The van der Waals surface area contributed by atoms with Crippen LogP contribution in [0.5, 0.6) is 0 Å². The van der Waals surface area contributed by atoms with E-state index in [1.54, 1.807) is 13.4 Å². The smallest absolute Gasteiger partial charge is 0.233 e. The Labute approximate surface area is 130 Å². The Kier molecular flexibility index (Phi) is 6.05. The normalized spacial score (nSPS) is 22.5. The number of hydrogen-bond donors (Lipinski definition) is 0. The van der Waals surface area contributed by atoms with Gasteiger partial charge in [0.15, 0.2) is 5.16 Å². The lowest BCUT2D eigenvalue weighted by molar-refractivity contribution is -0.134. The fourth-order valence-electron chi connectivity index (χ4n) is 2.81. The van der Waals surface area contributed by atoms with Crippen LogP contribution in [0.15, 0.2) is 11.5 Å². The van der Waals surface area contributed by atoms with Crippen LogP contribution in [0.3, 0.4) is 0 Å². The van der Waals surface area contributed by atoms with Gasteiger partial charge in [0.1, 0.15) is 6.33 Å². The first-order valence-electron chi connectivity index (χ1n) is 7.44. The highest BCUT2D eigenvalue weighted by Gasteiger charge is 2.28. The molecule has 0 aliphatic carbocycles. The zero-order chi connectivity index (χ0) is 15.2. The highest BCUT2D eigenvalue weighted by atomic mass is 32.2. The molecule has 1 fully saturated rings. The van der Waals surface area contributed by atoms with E-state index in [2.05, 4.69) is 24.0 Å². The van der Waals surface area contributed by atoms with Gasteiger partial charge in [-0.15, -0.1) is 10.2 Å². The number of hydrogen-bond acceptors (Lipinski definition) is 5. The van der Waals surface area contributed by atoms with Gasteiger partial charge in [-0.1, -0.05) is 11.8 Å². The summed E-state index contributed by atoms with van der Waals surface area (Å²) in [5.41, 5.74) is 0. The molecule has 0 bridgehead atoms. The second-order valence-corrected chi connectivity index (χ2v) is 6.46. The van der Waals surface area contributed by atoms with Crippen molar-refractivity contribution in [3.8, 4) is 0 Å². The maximum absolute atomic E-state index is 12.5. The van der Waals surface area contributed by atoms with Gasteiger partial charge in [-0.2, -0.15) is 0 Å². The van der Waals surface area contributed by atoms with Crippen LogP contribution in [0.2, 0.25) is 0 Å². The van der Waals surface area contributed by atoms with Crippen molar-refractivity contribution in [1.29, 1.82) is 0 Å². The molecule has 1 aromatic rings. The van der Waals surface area contributed by atoms with Gasteiger partial charge in [0.25, 0.3) is 0 Å². The SMILES string of the molecule is COCCn1cnnc1SCC(=O)N1[C@H](C)CCC[C@H]1C. The molecule has 1 aromatic heterocycles. The van der Waals surface area contributed by atoms with Crippen molar-refractivity contribution in [3.63, 3.8) is 0 Å². The van der Waals surface area contributed by atoms with Gasteiger partial charge in [-0.3, -0.25) is 4.79 Å². The lowest BCUT2D eigenvalue weighted by Crippen LogP contribution is -2.48. The molecule has 21 heavy (non-hydrogen) atoms. The molecule has 1 aliphatic heterocycles. The lowest BCUT2D eigenvalue weighted by Gasteiger charge is -2.39. The molecule has 0 saturated carbocycles. The number of thioether (sulfide) groups is 1. The highest BCUT2D eigenvalue weighted by Crippen LogP contribution is 2.24. The number of ether oxygens (including phenoxy) is 1. The third-order valence-electron chi connectivity index (χ3n) is 3.92. The number of amides is 1. The number of carbonyl (C=O) groups excluding carboxylic acids is 1. The third kappa shape index (κ3) is 4.20. The summed E-state index contributed by atoms with van der Waals surface area (Å²) in [6, 6.07) is 0.682. The predicted octanol–water partition coefficient (Wildman–Crippen LogP) is 1.81. The molecule has 0 radical (unpaired) electrons. The van der Waals surface area contributed by atoms with Gasteiger partial charge in [-0.05, 0) is 33.1 Å². The minimum Gasteiger partial charge on any atom is -0.383 e. The fraction of sp³-hybridized carbons (Fsp3) is 0.786. The van der Waals surface area contributed by atoms with Gasteiger partial charge < -0.3 is 14.2 Å². The second-order valence-electron chi connectivity index (χ2n) is 5.52. The largest absolute Gasteiger partial charge is 0.383 e. The Morgan fingerprint density at radius 2 is 2.14 bits per heavy atom. The standard InChI is InChI=1S/C14H24N4O2S/c1-11-5-4-6-12(2)18(11)13(19)9-21-14-16-15-10-17(14)7-8-20-3/h10-12H,4-9H2,1-3H3/t11-,12-/m1/s1. The summed E-state index contributed by atoms with van der Waals surface area (Å²) in [5, 5.41) is 8.76. The maximum atomic E-state index is 12.5. The van der Waals surface area contributed by atoms with E-state index >= 15 is 0 Å². The van der Waals surface area contributed by atoms with Crippen LogP contribution in [-0.2, 0) is 16.1 Å². The molecule has 0 aromatic carbocycles. The van der Waals surface area contributed by atoms with Gasteiger partial charge in [-0.25, -0.2) is 0 Å². The number of aromatic nitrogens is 3. The molecule has 0 spiro atoms. The predicted molar refractivity (Wildman–Crippen MR) is 82.2 cm³/mol. The summed E-state index contributed by atoms with van der Waals surface area (Å²) in [5.74, 6) is 0.612. The van der Waals surface area contributed by atoms with Crippen LogP contribution >= 0.6 is 11.8 Å². The third-order valence-corrected chi connectivity index (χ3v) is 4.89. The molecule has 118 valence electrons. The molecule has 1 saturated heterocycles. The first kappa shape index (κ1) is 16.3. The monoisotopic (exact) mass is 312 g/mol. The molecule has 2 atom stereocenters. The van der Waals surface area contributed by atoms with E-state index in [1.165, 1.54) is 18.2 Å². The van der Waals surface area contributed by atoms with E-state index in [-0.39, 0.29) is 5.91 Å². The van der Waals surface area contributed by atoms with E-state index in [0.717, 1.165) is 18.0 Å². The van der Waals surface area contributed by atoms with E-state index < -0.39 is 0 Å². The van der Waals surface area contributed by atoms with Gasteiger partial charge in [0.05, 0.1) is 12.4 Å². The second kappa shape index (κ2) is 7.79. The van der Waals surface area contributed by atoms with Crippen LogP contribution in [0.1, 0.15) is 33.1 Å². The Balaban J connectivity index is 1.90. The number of nitrogens with zero attached hydrogens (tertiary/aromatic N) is 4. The molecular weight excluding hydrogens is 288 g/mol. The fourth-order valence-corrected chi connectivity index (χ4v) is 3.62.